The fraction of sp³-hybridized carbons (Fsp3) is 0.300. The largest absolute Gasteiger partial charge is 0.465 e. The van der Waals surface area contributed by atoms with E-state index in [1.807, 2.05) is 0 Å². The Bertz CT molecular complexity index is 502. The summed E-state index contributed by atoms with van der Waals surface area (Å²) in [7, 11) is 0. The van der Waals surface area contributed by atoms with Gasteiger partial charge in [-0.25, -0.2) is 4.79 Å². The smallest absolute Gasteiger partial charge is 0.407 e. The van der Waals surface area contributed by atoms with Crippen molar-refractivity contribution >= 4 is 29.1 Å². The fourth-order valence-corrected chi connectivity index (χ4v) is 1.89. The Morgan fingerprint density at radius 1 is 1.56 bits per heavy atom. The van der Waals surface area contributed by atoms with E-state index in [2.05, 4.69) is 5.32 Å². The molecular formula is C10H10ClN3O4. The molecule has 1 heterocycles. The van der Waals surface area contributed by atoms with E-state index in [1.54, 1.807) is 6.07 Å². The van der Waals surface area contributed by atoms with Crippen LogP contribution in [0.4, 0.5) is 16.2 Å². The van der Waals surface area contributed by atoms with E-state index in [0.717, 1.165) is 0 Å². The van der Waals surface area contributed by atoms with Crippen LogP contribution >= 0.6 is 11.6 Å². The van der Waals surface area contributed by atoms with Gasteiger partial charge in [0.05, 0.1) is 11.0 Å². The molecule has 96 valence electrons. The van der Waals surface area contributed by atoms with Crippen LogP contribution in [0.3, 0.4) is 0 Å². The van der Waals surface area contributed by atoms with Gasteiger partial charge < -0.3 is 15.3 Å². The maximum atomic E-state index is 10.8. The van der Waals surface area contributed by atoms with Gasteiger partial charge in [-0.3, -0.25) is 10.1 Å². The van der Waals surface area contributed by atoms with E-state index in [4.69, 9.17) is 16.7 Å². The van der Waals surface area contributed by atoms with Gasteiger partial charge in [-0.2, -0.15) is 0 Å². The molecule has 0 aliphatic carbocycles. The van der Waals surface area contributed by atoms with E-state index in [0.29, 0.717) is 18.8 Å². The normalized spacial score (nSPS) is 15.1. The number of benzene rings is 1. The summed E-state index contributed by atoms with van der Waals surface area (Å²) < 4.78 is 0. The SMILES string of the molecule is O=C(O)N1CC(Nc2ccc(Cl)cc2[N+](=O)[O-])C1. The zero-order chi connectivity index (χ0) is 13.3. The average Bonchev–Trinajstić information content (AvgIpc) is 2.23. The van der Waals surface area contributed by atoms with Gasteiger partial charge in [0.1, 0.15) is 5.69 Å². The first-order chi connectivity index (χ1) is 8.47. The first kappa shape index (κ1) is 12.4. The van der Waals surface area contributed by atoms with Gasteiger partial charge in [0.25, 0.3) is 5.69 Å². The van der Waals surface area contributed by atoms with Crippen LogP contribution in [0.2, 0.25) is 5.02 Å². The van der Waals surface area contributed by atoms with Crippen molar-refractivity contribution in [2.45, 2.75) is 6.04 Å². The monoisotopic (exact) mass is 271 g/mol. The van der Waals surface area contributed by atoms with Crippen LogP contribution in [-0.4, -0.2) is 40.2 Å². The Hall–Kier alpha value is -2.02. The minimum absolute atomic E-state index is 0.110. The summed E-state index contributed by atoms with van der Waals surface area (Å²) in [5, 5.41) is 22.7. The van der Waals surface area contributed by atoms with Crippen LogP contribution in [-0.2, 0) is 0 Å². The molecule has 1 aromatic rings. The summed E-state index contributed by atoms with van der Waals surface area (Å²) in [4.78, 5) is 22.1. The maximum absolute atomic E-state index is 10.8. The second-order valence-electron chi connectivity index (χ2n) is 3.95. The molecule has 1 amide bonds. The van der Waals surface area contributed by atoms with Crippen molar-refractivity contribution in [3.05, 3.63) is 33.3 Å². The highest BCUT2D eigenvalue weighted by atomic mass is 35.5. The molecule has 1 fully saturated rings. The van der Waals surface area contributed by atoms with E-state index < -0.39 is 11.0 Å². The van der Waals surface area contributed by atoms with Crippen LogP contribution in [0.5, 0.6) is 0 Å². The van der Waals surface area contributed by atoms with E-state index >= 15 is 0 Å². The van der Waals surface area contributed by atoms with Crippen LogP contribution < -0.4 is 5.32 Å². The van der Waals surface area contributed by atoms with E-state index in [1.165, 1.54) is 17.0 Å². The second kappa shape index (κ2) is 4.69. The molecule has 18 heavy (non-hydrogen) atoms. The Labute approximate surface area is 107 Å². The Balaban J connectivity index is 2.07. The molecule has 0 radical (unpaired) electrons. The summed E-state index contributed by atoms with van der Waals surface area (Å²) in [5.41, 5.74) is 0.232. The minimum Gasteiger partial charge on any atom is -0.465 e. The zero-order valence-electron chi connectivity index (χ0n) is 9.17. The molecule has 7 nitrogen and oxygen atoms in total. The van der Waals surface area contributed by atoms with Gasteiger partial charge in [0.2, 0.25) is 0 Å². The molecule has 0 saturated carbocycles. The Kier molecular flexibility index (Phi) is 3.24. The number of carbonyl (C=O) groups is 1. The maximum Gasteiger partial charge on any atom is 0.407 e. The van der Waals surface area contributed by atoms with Crippen LogP contribution in [0.1, 0.15) is 0 Å². The summed E-state index contributed by atoms with van der Waals surface area (Å²) in [6, 6.07) is 4.22. The number of hydrogen-bond donors (Lipinski definition) is 2. The van der Waals surface area contributed by atoms with Gasteiger partial charge >= 0.3 is 6.09 Å². The van der Waals surface area contributed by atoms with Crippen molar-refractivity contribution < 1.29 is 14.8 Å². The van der Waals surface area contributed by atoms with Crippen molar-refractivity contribution in [1.82, 2.24) is 4.90 Å². The summed E-state index contributed by atoms with van der Waals surface area (Å²) >= 11 is 5.69. The molecule has 1 aromatic carbocycles. The topological polar surface area (TPSA) is 95.7 Å². The third-order valence-corrected chi connectivity index (χ3v) is 2.90. The second-order valence-corrected chi connectivity index (χ2v) is 4.38. The summed E-state index contributed by atoms with van der Waals surface area (Å²) in [6.07, 6.45) is -0.987. The number of nitrogens with zero attached hydrogens (tertiary/aromatic N) is 2. The number of anilines is 1. The number of amides is 1. The van der Waals surface area contributed by atoms with Crippen molar-refractivity contribution in [1.29, 1.82) is 0 Å². The highest BCUT2D eigenvalue weighted by molar-refractivity contribution is 6.30. The van der Waals surface area contributed by atoms with Gasteiger partial charge in [-0.1, -0.05) is 11.6 Å². The number of nitro benzene ring substituents is 1. The molecule has 8 heteroatoms. The molecular weight excluding hydrogens is 262 g/mol. The Morgan fingerprint density at radius 2 is 2.22 bits per heavy atom. The van der Waals surface area contributed by atoms with Crippen LogP contribution in [0.25, 0.3) is 0 Å². The molecule has 1 aliphatic heterocycles. The molecule has 2 N–H and O–H groups in total. The number of rotatable bonds is 3. The van der Waals surface area contributed by atoms with Gasteiger partial charge in [0.15, 0.2) is 0 Å². The first-order valence-electron chi connectivity index (χ1n) is 5.15. The van der Waals surface area contributed by atoms with Crippen molar-refractivity contribution in [2.24, 2.45) is 0 Å². The van der Waals surface area contributed by atoms with Crippen molar-refractivity contribution in [3.63, 3.8) is 0 Å². The molecule has 1 saturated heterocycles. The lowest BCUT2D eigenvalue weighted by atomic mass is 10.1. The van der Waals surface area contributed by atoms with E-state index in [-0.39, 0.29) is 16.8 Å². The number of halogens is 1. The molecule has 0 unspecified atom stereocenters. The molecule has 1 aliphatic rings. The van der Waals surface area contributed by atoms with Crippen LogP contribution in [0, 0.1) is 10.1 Å². The van der Waals surface area contributed by atoms with E-state index in [9.17, 15) is 14.9 Å². The number of nitro groups is 1. The third kappa shape index (κ3) is 2.45. The van der Waals surface area contributed by atoms with Crippen molar-refractivity contribution in [2.75, 3.05) is 18.4 Å². The lowest BCUT2D eigenvalue weighted by Crippen LogP contribution is -2.56. The lowest BCUT2D eigenvalue weighted by Gasteiger charge is -2.37. The molecule has 0 spiro atoms. The van der Waals surface area contributed by atoms with Gasteiger partial charge in [-0.15, -0.1) is 0 Å². The van der Waals surface area contributed by atoms with Crippen LogP contribution in [0.15, 0.2) is 18.2 Å². The summed E-state index contributed by atoms with van der Waals surface area (Å²) in [5.74, 6) is 0. The predicted molar refractivity (Wildman–Crippen MR) is 65.1 cm³/mol. The summed E-state index contributed by atoms with van der Waals surface area (Å²) in [6.45, 7) is 0.629. The van der Waals surface area contributed by atoms with Gasteiger partial charge in [-0.05, 0) is 12.1 Å². The number of likely N-dealkylation sites (tertiary alicyclic amines) is 1. The number of nitrogens with one attached hydrogen (secondary N) is 1. The quantitative estimate of drug-likeness (QED) is 0.648. The highest BCUT2D eigenvalue weighted by Crippen LogP contribution is 2.29. The molecule has 0 aromatic heterocycles. The number of hydrogen-bond acceptors (Lipinski definition) is 4. The number of carboxylic acid groups (broad SMARTS) is 1. The fourth-order valence-electron chi connectivity index (χ4n) is 1.72. The average molecular weight is 272 g/mol. The highest BCUT2D eigenvalue weighted by Gasteiger charge is 2.31. The standard InChI is InChI=1S/C10H10ClN3O4/c11-6-1-2-8(9(3-6)14(17)18)12-7-4-13(5-7)10(15)16/h1-3,7,12H,4-5H2,(H,15,16). The minimum atomic E-state index is -0.987. The predicted octanol–water partition coefficient (Wildman–Crippen LogP) is 2.02. The first-order valence-corrected chi connectivity index (χ1v) is 5.53. The Morgan fingerprint density at radius 3 is 2.78 bits per heavy atom. The lowest BCUT2D eigenvalue weighted by molar-refractivity contribution is -0.384. The van der Waals surface area contributed by atoms with Crippen molar-refractivity contribution in [3.8, 4) is 0 Å². The molecule has 2 rings (SSSR count). The molecule has 0 atom stereocenters. The third-order valence-electron chi connectivity index (χ3n) is 2.67. The molecule has 0 bridgehead atoms. The van der Waals surface area contributed by atoms with Gasteiger partial charge in [0, 0.05) is 24.2 Å². The zero-order valence-corrected chi connectivity index (χ0v) is 9.92.